The van der Waals surface area contributed by atoms with E-state index in [-0.39, 0.29) is 11.3 Å². The molecule has 0 aliphatic heterocycles. The molecule has 1 unspecified atom stereocenters. The van der Waals surface area contributed by atoms with Crippen molar-refractivity contribution >= 4 is 12.4 Å². The number of rotatable bonds is 5. The first kappa shape index (κ1) is 15.5. The third-order valence-electron chi connectivity index (χ3n) is 3.35. The van der Waals surface area contributed by atoms with Gasteiger partial charge in [-0.05, 0) is 19.8 Å². The highest BCUT2D eigenvalue weighted by molar-refractivity contribution is 7.73. The molecular weight excluding hydrogens is 243 g/mol. The quantitative estimate of drug-likeness (QED) is 0.828. The summed E-state index contributed by atoms with van der Waals surface area (Å²) in [5.41, 5.74) is 0. The molecule has 0 saturated heterocycles. The molecule has 3 heteroatoms. The van der Waals surface area contributed by atoms with Crippen molar-refractivity contribution in [3.63, 3.8) is 0 Å². The van der Waals surface area contributed by atoms with Crippen molar-refractivity contribution in [2.75, 3.05) is 6.16 Å². The Morgan fingerprint density at radius 1 is 1.22 bits per heavy atom. The molecule has 2 atom stereocenters. The molecule has 0 aliphatic rings. The lowest BCUT2D eigenvalue weighted by Gasteiger charge is -2.32. The maximum atomic E-state index is 13.3. The van der Waals surface area contributed by atoms with Gasteiger partial charge in [0.15, 0.2) is 0 Å². The van der Waals surface area contributed by atoms with E-state index >= 15 is 0 Å². The van der Waals surface area contributed by atoms with E-state index < -0.39 is 7.14 Å². The second-order valence-electron chi connectivity index (χ2n) is 5.96. The van der Waals surface area contributed by atoms with E-state index in [4.69, 9.17) is 0 Å². The molecule has 0 aromatic heterocycles. The third-order valence-corrected chi connectivity index (χ3v) is 7.60. The lowest BCUT2D eigenvalue weighted by atomic mass is 10.2. The van der Waals surface area contributed by atoms with Gasteiger partial charge in [0.05, 0.1) is 6.10 Å². The molecule has 1 aromatic carbocycles. The van der Waals surface area contributed by atoms with Crippen LogP contribution in [0.3, 0.4) is 0 Å². The molecule has 102 valence electrons. The minimum Gasteiger partial charge on any atom is -0.393 e. The Morgan fingerprint density at radius 3 is 2.22 bits per heavy atom. The monoisotopic (exact) mass is 268 g/mol. The molecule has 0 amide bonds. The largest absolute Gasteiger partial charge is 0.393 e. The van der Waals surface area contributed by atoms with Crippen molar-refractivity contribution < 1.29 is 9.67 Å². The predicted octanol–water partition coefficient (Wildman–Crippen LogP) is 3.63. The molecule has 0 saturated carbocycles. The van der Waals surface area contributed by atoms with Crippen molar-refractivity contribution in [1.29, 1.82) is 0 Å². The number of benzene rings is 1. The summed E-state index contributed by atoms with van der Waals surface area (Å²) in [7, 11) is -2.42. The van der Waals surface area contributed by atoms with Gasteiger partial charge in [-0.25, -0.2) is 0 Å². The number of aliphatic hydroxyl groups excluding tert-OH is 1. The van der Waals surface area contributed by atoms with Gasteiger partial charge in [-0.3, -0.25) is 0 Å². The number of hydrogen-bond donors (Lipinski definition) is 1. The van der Waals surface area contributed by atoms with E-state index in [1.54, 1.807) is 6.92 Å². The topological polar surface area (TPSA) is 37.3 Å². The first-order valence-corrected chi connectivity index (χ1v) is 8.49. The van der Waals surface area contributed by atoms with E-state index in [1.165, 1.54) is 0 Å². The molecule has 0 aliphatic carbocycles. The highest BCUT2D eigenvalue weighted by Gasteiger charge is 2.37. The number of aliphatic hydroxyl groups is 1. The Bertz CT molecular complexity index is 404. The van der Waals surface area contributed by atoms with Crippen molar-refractivity contribution in [1.82, 2.24) is 0 Å². The van der Waals surface area contributed by atoms with Crippen LogP contribution in [0.15, 0.2) is 30.3 Å². The average molecular weight is 268 g/mol. The van der Waals surface area contributed by atoms with E-state index in [2.05, 4.69) is 0 Å². The minimum absolute atomic E-state index is 0.229. The summed E-state index contributed by atoms with van der Waals surface area (Å²) in [6.45, 7) is 7.92. The Hall–Kier alpha value is -0.590. The van der Waals surface area contributed by atoms with Crippen LogP contribution in [-0.2, 0) is 4.57 Å². The molecule has 1 N–H and O–H groups in total. The lowest BCUT2D eigenvalue weighted by molar-refractivity contribution is 0.183. The first-order chi connectivity index (χ1) is 8.27. The van der Waals surface area contributed by atoms with Gasteiger partial charge >= 0.3 is 0 Å². The van der Waals surface area contributed by atoms with Crippen LogP contribution in [0.2, 0.25) is 0 Å². The summed E-state index contributed by atoms with van der Waals surface area (Å²) in [6, 6.07) is 9.78. The zero-order chi connectivity index (χ0) is 13.8. The second kappa shape index (κ2) is 6.04. The zero-order valence-corrected chi connectivity index (χ0v) is 12.8. The molecular formula is C15H25O2P. The summed E-state index contributed by atoms with van der Waals surface area (Å²) in [6.07, 6.45) is 1.88. The van der Waals surface area contributed by atoms with Crippen LogP contribution < -0.4 is 5.30 Å². The normalized spacial score (nSPS) is 17.2. The molecule has 0 bridgehead atoms. The summed E-state index contributed by atoms with van der Waals surface area (Å²) in [5.74, 6) is 0. The Labute approximate surface area is 111 Å². The highest BCUT2D eigenvalue weighted by Crippen LogP contribution is 2.57. The van der Waals surface area contributed by atoms with E-state index in [0.29, 0.717) is 12.6 Å². The Morgan fingerprint density at radius 2 is 1.78 bits per heavy atom. The second-order valence-corrected chi connectivity index (χ2v) is 9.75. The zero-order valence-electron chi connectivity index (χ0n) is 11.9. The predicted molar refractivity (Wildman–Crippen MR) is 79.2 cm³/mol. The molecule has 1 rings (SSSR count). The van der Waals surface area contributed by atoms with Crippen molar-refractivity contribution in [3.05, 3.63) is 30.3 Å². The van der Waals surface area contributed by atoms with Crippen LogP contribution in [0.1, 0.15) is 40.5 Å². The van der Waals surface area contributed by atoms with Crippen LogP contribution in [-0.4, -0.2) is 22.5 Å². The van der Waals surface area contributed by atoms with Gasteiger partial charge in [0.25, 0.3) is 0 Å². The third kappa shape index (κ3) is 3.70. The first-order valence-electron chi connectivity index (χ1n) is 6.60. The lowest BCUT2D eigenvalue weighted by Crippen LogP contribution is -2.25. The summed E-state index contributed by atoms with van der Waals surface area (Å²) < 4.78 is 13.3. The minimum atomic E-state index is -2.42. The fourth-order valence-electron chi connectivity index (χ4n) is 2.13. The van der Waals surface area contributed by atoms with E-state index in [1.807, 2.05) is 51.1 Å². The number of hydrogen-bond acceptors (Lipinski definition) is 2. The molecule has 0 spiro atoms. The maximum absolute atomic E-state index is 13.3. The Balaban J connectivity index is 2.95. The summed E-state index contributed by atoms with van der Waals surface area (Å²) >= 11 is 0. The van der Waals surface area contributed by atoms with Crippen LogP contribution >= 0.6 is 7.14 Å². The van der Waals surface area contributed by atoms with Crippen LogP contribution in [0.25, 0.3) is 0 Å². The van der Waals surface area contributed by atoms with Gasteiger partial charge in [0, 0.05) is 16.6 Å². The average Bonchev–Trinajstić information content (AvgIpc) is 2.28. The van der Waals surface area contributed by atoms with Crippen LogP contribution in [0.5, 0.6) is 0 Å². The van der Waals surface area contributed by atoms with Crippen molar-refractivity contribution in [3.8, 4) is 0 Å². The smallest absolute Gasteiger partial charge is 0.120 e. The van der Waals surface area contributed by atoms with Crippen molar-refractivity contribution in [2.45, 2.75) is 51.8 Å². The van der Waals surface area contributed by atoms with Gasteiger partial charge in [0.2, 0.25) is 0 Å². The summed E-state index contributed by atoms with van der Waals surface area (Å²) in [5, 5.41) is 10.1. The standard InChI is InChI=1S/C15H25O2P/c1-13(16)9-8-12-18(17,15(2,3)4)14-10-6-5-7-11-14/h5-7,10-11,13,16H,8-9,12H2,1-4H3/t13-,18?/m0/s1. The molecule has 0 radical (unpaired) electrons. The molecule has 0 heterocycles. The van der Waals surface area contributed by atoms with Gasteiger partial charge in [-0.2, -0.15) is 0 Å². The highest BCUT2D eigenvalue weighted by atomic mass is 31.2. The van der Waals surface area contributed by atoms with E-state index in [0.717, 1.165) is 11.7 Å². The Kier molecular flexibility index (Phi) is 5.19. The SMILES string of the molecule is C[C@H](O)CCCP(=O)(c1ccccc1)C(C)(C)C. The summed E-state index contributed by atoms with van der Waals surface area (Å²) in [4.78, 5) is 0. The van der Waals surface area contributed by atoms with Gasteiger partial charge in [-0.1, -0.05) is 51.1 Å². The molecule has 18 heavy (non-hydrogen) atoms. The van der Waals surface area contributed by atoms with Crippen LogP contribution in [0.4, 0.5) is 0 Å². The molecule has 2 nitrogen and oxygen atoms in total. The molecule has 0 fully saturated rings. The molecule has 1 aromatic rings. The fraction of sp³-hybridized carbons (Fsp3) is 0.600. The maximum Gasteiger partial charge on any atom is 0.120 e. The fourth-order valence-corrected chi connectivity index (χ4v) is 5.12. The van der Waals surface area contributed by atoms with Gasteiger partial charge in [-0.15, -0.1) is 0 Å². The van der Waals surface area contributed by atoms with E-state index in [9.17, 15) is 9.67 Å². The van der Waals surface area contributed by atoms with Crippen LogP contribution in [0, 0.1) is 0 Å². The van der Waals surface area contributed by atoms with Crippen molar-refractivity contribution in [2.24, 2.45) is 0 Å². The van der Waals surface area contributed by atoms with Gasteiger partial charge in [0.1, 0.15) is 7.14 Å². The van der Waals surface area contributed by atoms with Gasteiger partial charge < -0.3 is 9.67 Å².